The summed E-state index contributed by atoms with van der Waals surface area (Å²) in [5, 5.41) is 9.50. The predicted molar refractivity (Wildman–Crippen MR) is 65.4 cm³/mol. The minimum atomic E-state index is -0.194. The first-order chi connectivity index (χ1) is 7.63. The number of hydrogen-bond donors (Lipinski definition) is 1. The Kier molecular flexibility index (Phi) is 5.49. The van der Waals surface area contributed by atoms with Crippen molar-refractivity contribution in [3.05, 3.63) is 18.2 Å². The maximum atomic E-state index is 9.50. The number of likely N-dealkylation sites (N-methyl/N-ethyl adjacent to an activating group) is 1. The van der Waals surface area contributed by atoms with Crippen LogP contribution < -0.4 is 0 Å². The molecule has 0 fully saturated rings. The number of aryl methyl sites for hydroxylation is 2. The van der Waals surface area contributed by atoms with Gasteiger partial charge in [0.2, 0.25) is 0 Å². The zero-order valence-electron chi connectivity index (χ0n) is 10.6. The molecule has 92 valence electrons. The minimum absolute atomic E-state index is 0.194. The Morgan fingerprint density at radius 2 is 2.31 bits per heavy atom. The molecular weight excluding hydrogens is 202 g/mol. The summed E-state index contributed by atoms with van der Waals surface area (Å²) in [6.45, 7) is 6.80. The van der Waals surface area contributed by atoms with Gasteiger partial charge in [0.15, 0.2) is 0 Å². The molecular formula is C12H23N3O. The molecule has 0 unspecified atom stereocenters. The van der Waals surface area contributed by atoms with Crippen LogP contribution in [0.15, 0.2) is 12.4 Å². The van der Waals surface area contributed by atoms with E-state index in [4.69, 9.17) is 0 Å². The Bertz CT molecular complexity index is 298. The van der Waals surface area contributed by atoms with Gasteiger partial charge in [-0.25, -0.2) is 4.98 Å². The van der Waals surface area contributed by atoms with Gasteiger partial charge in [0, 0.05) is 25.5 Å². The van der Waals surface area contributed by atoms with E-state index < -0.39 is 0 Å². The quantitative estimate of drug-likeness (QED) is 0.760. The second-order valence-corrected chi connectivity index (χ2v) is 4.35. The fourth-order valence-corrected chi connectivity index (χ4v) is 1.73. The number of imidazole rings is 1. The second-order valence-electron chi connectivity index (χ2n) is 4.35. The molecule has 1 aromatic rings. The van der Waals surface area contributed by atoms with Crippen molar-refractivity contribution in [1.82, 2.24) is 14.5 Å². The molecule has 1 N–H and O–H groups in total. The highest BCUT2D eigenvalue weighted by Gasteiger charge is 2.05. The normalized spacial score (nSPS) is 13.3. The maximum absolute atomic E-state index is 9.50. The van der Waals surface area contributed by atoms with Gasteiger partial charge >= 0.3 is 0 Å². The number of aliphatic hydroxyl groups excluding tert-OH is 1. The van der Waals surface area contributed by atoms with Crippen LogP contribution in [0.1, 0.15) is 25.6 Å². The van der Waals surface area contributed by atoms with Crippen molar-refractivity contribution in [2.24, 2.45) is 0 Å². The van der Waals surface area contributed by atoms with Crippen LogP contribution in [0.2, 0.25) is 0 Å². The SMILES string of the molecule is CC[C@@H](O)CN(C)CCCn1ccnc1C. The van der Waals surface area contributed by atoms with E-state index in [-0.39, 0.29) is 6.10 Å². The van der Waals surface area contributed by atoms with Crippen molar-refractivity contribution in [1.29, 1.82) is 0 Å². The molecule has 1 rings (SSSR count). The molecule has 0 spiro atoms. The van der Waals surface area contributed by atoms with E-state index in [0.29, 0.717) is 0 Å². The fourth-order valence-electron chi connectivity index (χ4n) is 1.73. The first-order valence-corrected chi connectivity index (χ1v) is 5.97. The van der Waals surface area contributed by atoms with E-state index in [2.05, 4.69) is 21.5 Å². The Hall–Kier alpha value is -0.870. The third-order valence-corrected chi connectivity index (χ3v) is 2.86. The number of hydrogen-bond acceptors (Lipinski definition) is 3. The van der Waals surface area contributed by atoms with E-state index in [1.807, 2.05) is 26.2 Å². The summed E-state index contributed by atoms with van der Waals surface area (Å²) in [6, 6.07) is 0. The van der Waals surface area contributed by atoms with Gasteiger partial charge in [-0.2, -0.15) is 0 Å². The third-order valence-electron chi connectivity index (χ3n) is 2.86. The molecule has 0 radical (unpaired) electrons. The van der Waals surface area contributed by atoms with E-state index in [9.17, 15) is 5.11 Å². The van der Waals surface area contributed by atoms with Gasteiger partial charge in [0.05, 0.1) is 6.10 Å². The summed E-state index contributed by atoms with van der Waals surface area (Å²) in [7, 11) is 2.06. The lowest BCUT2D eigenvalue weighted by Gasteiger charge is -2.19. The molecule has 4 heteroatoms. The first-order valence-electron chi connectivity index (χ1n) is 5.97. The topological polar surface area (TPSA) is 41.3 Å². The van der Waals surface area contributed by atoms with Gasteiger partial charge in [-0.3, -0.25) is 0 Å². The molecule has 0 aromatic carbocycles. The standard InChI is InChI=1S/C12H23N3O/c1-4-12(16)10-14(3)7-5-8-15-9-6-13-11(15)2/h6,9,12,16H,4-5,7-8,10H2,1-3H3/t12-/m1/s1. The van der Waals surface area contributed by atoms with Crippen molar-refractivity contribution in [2.75, 3.05) is 20.1 Å². The lowest BCUT2D eigenvalue weighted by molar-refractivity contribution is 0.121. The van der Waals surface area contributed by atoms with Gasteiger partial charge in [-0.05, 0) is 33.4 Å². The van der Waals surface area contributed by atoms with Crippen molar-refractivity contribution < 1.29 is 5.11 Å². The third kappa shape index (κ3) is 4.33. The number of aromatic nitrogens is 2. The molecule has 0 aliphatic heterocycles. The van der Waals surface area contributed by atoms with Crippen LogP contribution >= 0.6 is 0 Å². The van der Waals surface area contributed by atoms with E-state index in [1.165, 1.54) is 0 Å². The van der Waals surface area contributed by atoms with Crippen LogP contribution in [0.25, 0.3) is 0 Å². The van der Waals surface area contributed by atoms with Crippen LogP contribution in [0, 0.1) is 6.92 Å². The molecule has 0 aliphatic carbocycles. The second kappa shape index (κ2) is 6.66. The monoisotopic (exact) mass is 225 g/mol. The molecule has 1 atom stereocenters. The minimum Gasteiger partial charge on any atom is -0.392 e. The zero-order valence-corrected chi connectivity index (χ0v) is 10.6. The Balaban J connectivity index is 2.18. The molecule has 0 saturated carbocycles. The molecule has 0 bridgehead atoms. The van der Waals surface area contributed by atoms with Crippen molar-refractivity contribution in [3.63, 3.8) is 0 Å². The largest absolute Gasteiger partial charge is 0.392 e. The van der Waals surface area contributed by atoms with E-state index in [1.54, 1.807) is 0 Å². The summed E-state index contributed by atoms with van der Waals surface area (Å²) in [6.07, 6.45) is 5.56. The predicted octanol–water partition coefficient (Wildman–Crippen LogP) is 1.28. The zero-order chi connectivity index (χ0) is 12.0. The molecule has 0 amide bonds. The van der Waals surface area contributed by atoms with E-state index in [0.717, 1.165) is 38.3 Å². The molecule has 4 nitrogen and oxygen atoms in total. The van der Waals surface area contributed by atoms with Crippen molar-refractivity contribution in [3.8, 4) is 0 Å². The van der Waals surface area contributed by atoms with Crippen LogP contribution in [-0.2, 0) is 6.54 Å². The summed E-state index contributed by atoms with van der Waals surface area (Å²) >= 11 is 0. The molecule has 1 aromatic heterocycles. The lowest BCUT2D eigenvalue weighted by Crippen LogP contribution is -2.30. The van der Waals surface area contributed by atoms with Crippen LogP contribution in [0.3, 0.4) is 0 Å². The molecule has 0 saturated heterocycles. The Morgan fingerprint density at radius 3 is 2.88 bits per heavy atom. The summed E-state index contributed by atoms with van der Waals surface area (Å²) in [5.41, 5.74) is 0. The van der Waals surface area contributed by atoms with Crippen molar-refractivity contribution >= 4 is 0 Å². The molecule has 16 heavy (non-hydrogen) atoms. The highest BCUT2D eigenvalue weighted by Crippen LogP contribution is 2.00. The van der Waals surface area contributed by atoms with Gasteiger partial charge in [-0.15, -0.1) is 0 Å². The van der Waals surface area contributed by atoms with Gasteiger partial charge in [-0.1, -0.05) is 6.92 Å². The van der Waals surface area contributed by atoms with Crippen LogP contribution in [-0.4, -0.2) is 45.8 Å². The smallest absolute Gasteiger partial charge is 0.105 e. The molecule has 1 heterocycles. The summed E-state index contributed by atoms with van der Waals surface area (Å²) < 4.78 is 2.16. The van der Waals surface area contributed by atoms with Gasteiger partial charge in [0.1, 0.15) is 5.82 Å². The first kappa shape index (κ1) is 13.2. The molecule has 0 aliphatic rings. The van der Waals surface area contributed by atoms with Gasteiger partial charge < -0.3 is 14.6 Å². The highest BCUT2D eigenvalue weighted by atomic mass is 16.3. The van der Waals surface area contributed by atoms with Gasteiger partial charge in [0.25, 0.3) is 0 Å². The Morgan fingerprint density at radius 1 is 1.56 bits per heavy atom. The lowest BCUT2D eigenvalue weighted by atomic mass is 10.2. The number of rotatable bonds is 7. The van der Waals surface area contributed by atoms with Crippen LogP contribution in [0.5, 0.6) is 0 Å². The summed E-state index contributed by atoms with van der Waals surface area (Å²) in [5.74, 6) is 1.07. The average molecular weight is 225 g/mol. The highest BCUT2D eigenvalue weighted by molar-refractivity contribution is 4.88. The number of nitrogens with zero attached hydrogens (tertiary/aromatic N) is 3. The van der Waals surface area contributed by atoms with Crippen molar-refractivity contribution in [2.45, 2.75) is 39.3 Å². The fraction of sp³-hybridized carbons (Fsp3) is 0.750. The van der Waals surface area contributed by atoms with E-state index >= 15 is 0 Å². The van der Waals surface area contributed by atoms with Crippen LogP contribution in [0.4, 0.5) is 0 Å². The summed E-state index contributed by atoms with van der Waals surface area (Å²) in [4.78, 5) is 6.37. The average Bonchev–Trinajstić information content (AvgIpc) is 2.64. The maximum Gasteiger partial charge on any atom is 0.105 e. The number of aliphatic hydroxyl groups is 1. The Labute approximate surface area is 97.9 Å².